The van der Waals surface area contributed by atoms with Crippen LogP contribution in [0.15, 0.2) is 45.6 Å². The number of quaternary nitrogens is 1. The Morgan fingerprint density at radius 1 is 1.15 bits per heavy atom. The lowest BCUT2D eigenvalue weighted by Crippen LogP contribution is -3.13. The molecule has 0 spiro atoms. The van der Waals surface area contributed by atoms with E-state index in [4.69, 9.17) is 14.3 Å². The van der Waals surface area contributed by atoms with Crippen LogP contribution in [0.5, 0.6) is 11.5 Å². The summed E-state index contributed by atoms with van der Waals surface area (Å²) in [7, 11) is 1.43. The van der Waals surface area contributed by atoms with Crippen LogP contribution in [0.2, 0.25) is 0 Å². The molecule has 4 rings (SSSR count). The van der Waals surface area contributed by atoms with Crippen LogP contribution in [0.25, 0.3) is 22.1 Å². The number of nitrogens with one attached hydrogen (secondary N) is 1. The SMILES string of the molecule is COc1ccc(-c2c(C(F)(F)F)oc3c(C[NH+]4CCN(CCO)CC4)c([O-])ccc3c2=O)cc1. The average molecular weight is 478 g/mol. The maximum absolute atomic E-state index is 14.0. The second-order valence-electron chi connectivity index (χ2n) is 8.27. The second kappa shape index (κ2) is 9.65. The van der Waals surface area contributed by atoms with Gasteiger partial charge in [0.1, 0.15) is 17.9 Å². The van der Waals surface area contributed by atoms with E-state index < -0.39 is 28.7 Å². The molecule has 1 aliphatic heterocycles. The molecule has 34 heavy (non-hydrogen) atoms. The van der Waals surface area contributed by atoms with E-state index in [9.17, 15) is 23.1 Å². The number of fused-ring (bicyclic) bond motifs is 1. The Balaban J connectivity index is 1.81. The highest BCUT2D eigenvalue weighted by Gasteiger charge is 2.40. The number of β-amino-alcohol motifs (C(OH)–C–C–N with tert-alkyl or cyclic N) is 1. The van der Waals surface area contributed by atoms with Gasteiger partial charge < -0.3 is 24.3 Å². The normalized spacial score (nSPS) is 15.7. The highest BCUT2D eigenvalue weighted by Crippen LogP contribution is 2.39. The molecule has 2 heterocycles. The summed E-state index contributed by atoms with van der Waals surface area (Å²) >= 11 is 0. The fourth-order valence-electron chi connectivity index (χ4n) is 4.34. The number of hydrogen-bond donors (Lipinski definition) is 2. The molecule has 0 radical (unpaired) electrons. The second-order valence-corrected chi connectivity index (χ2v) is 8.27. The minimum absolute atomic E-state index is 0.0437. The first kappa shape index (κ1) is 24.1. The number of aliphatic hydroxyl groups excluding tert-OH is 1. The zero-order chi connectivity index (χ0) is 24.5. The van der Waals surface area contributed by atoms with Crippen molar-refractivity contribution in [2.45, 2.75) is 12.7 Å². The number of benzene rings is 2. The van der Waals surface area contributed by atoms with Crippen LogP contribution >= 0.6 is 0 Å². The van der Waals surface area contributed by atoms with E-state index in [1.807, 2.05) is 0 Å². The van der Waals surface area contributed by atoms with Gasteiger partial charge in [0, 0.05) is 25.2 Å². The van der Waals surface area contributed by atoms with Crippen LogP contribution in [0.3, 0.4) is 0 Å². The van der Waals surface area contributed by atoms with Crippen LogP contribution in [0.4, 0.5) is 13.2 Å². The van der Waals surface area contributed by atoms with Gasteiger partial charge in [0.05, 0.1) is 37.8 Å². The van der Waals surface area contributed by atoms with Crippen LogP contribution < -0.4 is 20.2 Å². The average Bonchev–Trinajstić information content (AvgIpc) is 2.81. The number of aliphatic hydroxyl groups is 1. The molecule has 10 heteroatoms. The first-order valence-electron chi connectivity index (χ1n) is 10.9. The Morgan fingerprint density at radius 2 is 1.82 bits per heavy atom. The fourth-order valence-corrected chi connectivity index (χ4v) is 4.34. The number of halogens is 3. The van der Waals surface area contributed by atoms with E-state index in [2.05, 4.69) is 4.90 Å². The predicted molar refractivity (Wildman–Crippen MR) is 117 cm³/mol. The quantitative estimate of drug-likeness (QED) is 0.555. The van der Waals surface area contributed by atoms with Gasteiger partial charge in [0.2, 0.25) is 11.2 Å². The van der Waals surface area contributed by atoms with Crippen molar-refractivity contribution in [1.82, 2.24) is 4.90 Å². The molecule has 0 amide bonds. The van der Waals surface area contributed by atoms with Gasteiger partial charge in [-0.3, -0.25) is 9.69 Å². The molecule has 0 bridgehead atoms. The smallest absolute Gasteiger partial charge is 0.450 e. The Kier molecular flexibility index (Phi) is 6.83. The molecule has 2 aromatic carbocycles. The molecule has 0 unspecified atom stereocenters. The van der Waals surface area contributed by atoms with Gasteiger partial charge in [0.15, 0.2) is 0 Å². The first-order chi connectivity index (χ1) is 16.2. The predicted octanol–water partition coefficient (Wildman–Crippen LogP) is 1.25. The third-order valence-corrected chi connectivity index (χ3v) is 6.16. The molecular formula is C24H25F3N2O5. The maximum atomic E-state index is 14.0. The zero-order valence-corrected chi connectivity index (χ0v) is 18.6. The highest BCUT2D eigenvalue weighted by atomic mass is 19.4. The minimum atomic E-state index is -4.94. The summed E-state index contributed by atoms with van der Waals surface area (Å²) in [6, 6.07) is 8.10. The van der Waals surface area contributed by atoms with Crippen molar-refractivity contribution in [2.75, 3.05) is 46.4 Å². The summed E-state index contributed by atoms with van der Waals surface area (Å²) in [6.45, 7) is 3.41. The van der Waals surface area contributed by atoms with Crippen molar-refractivity contribution in [3.8, 4) is 22.6 Å². The molecule has 3 aromatic rings. The maximum Gasteiger partial charge on any atom is 0.450 e. The topological polar surface area (TPSA) is 90.4 Å². The Hall–Kier alpha value is -3.08. The van der Waals surface area contributed by atoms with Crippen LogP contribution in [-0.2, 0) is 12.7 Å². The number of hydrogen-bond acceptors (Lipinski definition) is 6. The van der Waals surface area contributed by atoms with Crippen molar-refractivity contribution < 1.29 is 37.4 Å². The van der Waals surface area contributed by atoms with Gasteiger partial charge >= 0.3 is 6.18 Å². The summed E-state index contributed by atoms with van der Waals surface area (Å²) < 4.78 is 52.5. The van der Waals surface area contributed by atoms with Gasteiger partial charge in [-0.1, -0.05) is 23.9 Å². The summed E-state index contributed by atoms with van der Waals surface area (Å²) in [5.74, 6) is -1.46. The summed E-state index contributed by atoms with van der Waals surface area (Å²) in [5.41, 5.74) is -1.65. The molecule has 2 N–H and O–H groups in total. The largest absolute Gasteiger partial charge is 0.872 e. The lowest BCUT2D eigenvalue weighted by Gasteiger charge is -2.32. The Morgan fingerprint density at radius 3 is 2.41 bits per heavy atom. The summed E-state index contributed by atoms with van der Waals surface area (Å²) in [4.78, 5) is 16.4. The lowest BCUT2D eigenvalue weighted by molar-refractivity contribution is -0.918. The van der Waals surface area contributed by atoms with Crippen LogP contribution in [0.1, 0.15) is 11.3 Å². The number of nitrogens with zero attached hydrogens (tertiary/aromatic N) is 1. The fraction of sp³-hybridized carbons (Fsp3) is 0.375. The van der Waals surface area contributed by atoms with E-state index in [-0.39, 0.29) is 35.2 Å². The number of piperazine rings is 1. The Bertz CT molecular complexity index is 1220. The van der Waals surface area contributed by atoms with Gasteiger partial charge in [-0.05, 0) is 23.8 Å². The number of methoxy groups -OCH3 is 1. The standard InChI is InChI=1S/C24H25F3N2O5/c1-33-16-4-2-15(3-5-16)20-21(32)17-6-7-19(31)18(22(17)34-23(20)24(25,26)27)14-29-10-8-28(9-11-29)12-13-30/h2-7,30-31H,8-14H2,1H3. The molecule has 7 nitrogen and oxygen atoms in total. The molecule has 0 saturated carbocycles. The van der Waals surface area contributed by atoms with E-state index in [0.29, 0.717) is 38.5 Å². The molecule has 1 fully saturated rings. The highest BCUT2D eigenvalue weighted by molar-refractivity contribution is 5.86. The molecule has 1 saturated heterocycles. The van der Waals surface area contributed by atoms with E-state index in [0.717, 1.165) is 4.90 Å². The Labute approximate surface area is 193 Å². The zero-order valence-electron chi connectivity index (χ0n) is 18.6. The van der Waals surface area contributed by atoms with Crippen molar-refractivity contribution in [3.05, 3.63) is 57.9 Å². The van der Waals surface area contributed by atoms with Gasteiger partial charge in [-0.2, -0.15) is 13.2 Å². The third-order valence-electron chi connectivity index (χ3n) is 6.16. The van der Waals surface area contributed by atoms with E-state index >= 15 is 0 Å². The number of rotatable bonds is 6. The van der Waals surface area contributed by atoms with Crippen LogP contribution in [-0.4, -0.2) is 56.4 Å². The molecule has 1 aliphatic rings. The third kappa shape index (κ3) is 4.75. The van der Waals surface area contributed by atoms with Gasteiger partial charge in [-0.25, -0.2) is 0 Å². The summed E-state index contributed by atoms with van der Waals surface area (Å²) in [6.07, 6.45) is -4.94. The number of ether oxygens (including phenoxy) is 1. The van der Waals surface area contributed by atoms with Crippen molar-refractivity contribution in [2.24, 2.45) is 0 Å². The van der Waals surface area contributed by atoms with E-state index in [1.54, 1.807) is 0 Å². The monoisotopic (exact) mass is 478 g/mol. The molecule has 0 aliphatic carbocycles. The number of alkyl halides is 3. The molecule has 0 atom stereocenters. The molecular weight excluding hydrogens is 453 g/mol. The van der Waals surface area contributed by atoms with Gasteiger partial charge in [0.25, 0.3) is 0 Å². The van der Waals surface area contributed by atoms with Crippen molar-refractivity contribution >= 4 is 11.0 Å². The molecule has 182 valence electrons. The first-order valence-corrected chi connectivity index (χ1v) is 10.9. The minimum Gasteiger partial charge on any atom is -0.872 e. The summed E-state index contributed by atoms with van der Waals surface area (Å²) in [5, 5.41) is 21.7. The van der Waals surface area contributed by atoms with E-state index in [1.165, 1.54) is 43.5 Å². The lowest BCUT2D eigenvalue weighted by atomic mass is 10.00. The van der Waals surface area contributed by atoms with Crippen molar-refractivity contribution in [1.29, 1.82) is 0 Å². The molecule has 1 aromatic heterocycles. The van der Waals surface area contributed by atoms with Crippen LogP contribution in [0, 0.1) is 0 Å². The van der Waals surface area contributed by atoms with Crippen molar-refractivity contribution in [3.63, 3.8) is 0 Å². The van der Waals surface area contributed by atoms with Gasteiger partial charge in [-0.15, -0.1) is 0 Å².